The number of aldehydes is 1. The van der Waals surface area contributed by atoms with Gasteiger partial charge in [0.1, 0.15) is 6.29 Å². The van der Waals surface area contributed by atoms with Crippen LogP contribution >= 0.6 is 0 Å². The van der Waals surface area contributed by atoms with E-state index in [4.69, 9.17) is 0 Å². The molecule has 0 spiro atoms. The van der Waals surface area contributed by atoms with Crippen molar-refractivity contribution in [3.05, 3.63) is 0 Å². The van der Waals surface area contributed by atoms with Gasteiger partial charge in [-0.1, -0.05) is 0 Å². The van der Waals surface area contributed by atoms with E-state index in [-0.39, 0.29) is 5.54 Å². The maximum absolute atomic E-state index is 10.3. The molecule has 0 unspecified atom stereocenters. The fourth-order valence-electron chi connectivity index (χ4n) is 0.778. The van der Waals surface area contributed by atoms with Gasteiger partial charge in [0.05, 0.1) is 5.54 Å². The SMILES string of the molecule is CC(C)NC(C)(C)C=O. The smallest absolute Gasteiger partial charge is 0.139 e. The molecular formula is C7H15NO. The molecule has 0 heterocycles. The van der Waals surface area contributed by atoms with Gasteiger partial charge in [0.25, 0.3) is 0 Å². The second kappa shape index (κ2) is 2.97. The Labute approximate surface area is 56.6 Å². The molecule has 0 rings (SSSR count). The summed E-state index contributed by atoms with van der Waals surface area (Å²) in [6, 6.07) is 0.366. The fourth-order valence-corrected chi connectivity index (χ4v) is 0.778. The van der Waals surface area contributed by atoms with E-state index in [1.165, 1.54) is 0 Å². The van der Waals surface area contributed by atoms with E-state index < -0.39 is 0 Å². The van der Waals surface area contributed by atoms with Crippen molar-refractivity contribution in [2.45, 2.75) is 39.3 Å². The van der Waals surface area contributed by atoms with Gasteiger partial charge in [-0.25, -0.2) is 0 Å². The Kier molecular flexibility index (Phi) is 2.85. The minimum atomic E-state index is -0.367. The first-order chi connectivity index (χ1) is 3.98. The normalized spacial score (nSPS) is 12.1. The maximum atomic E-state index is 10.3. The first-order valence-corrected chi connectivity index (χ1v) is 3.22. The molecule has 0 atom stereocenters. The summed E-state index contributed by atoms with van der Waals surface area (Å²) in [5.74, 6) is 0. The fraction of sp³-hybridized carbons (Fsp3) is 0.857. The maximum Gasteiger partial charge on any atom is 0.139 e. The highest BCUT2D eigenvalue weighted by Crippen LogP contribution is 1.97. The Bertz CT molecular complexity index is 97.1. The van der Waals surface area contributed by atoms with Crippen LogP contribution in [0.3, 0.4) is 0 Å². The zero-order chi connectivity index (χ0) is 7.49. The highest BCUT2D eigenvalue weighted by atomic mass is 16.1. The largest absolute Gasteiger partial charge is 0.303 e. The molecule has 0 radical (unpaired) electrons. The van der Waals surface area contributed by atoms with Crippen molar-refractivity contribution in [1.82, 2.24) is 5.32 Å². The van der Waals surface area contributed by atoms with Crippen LogP contribution in [0.2, 0.25) is 0 Å². The van der Waals surface area contributed by atoms with Crippen molar-refractivity contribution < 1.29 is 4.79 Å². The molecule has 0 aromatic rings. The minimum Gasteiger partial charge on any atom is -0.303 e. The molecule has 1 N–H and O–H groups in total. The molecular weight excluding hydrogens is 114 g/mol. The molecule has 0 amide bonds. The molecule has 0 saturated heterocycles. The molecule has 0 fully saturated rings. The van der Waals surface area contributed by atoms with Crippen LogP contribution in [0.15, 0.2) is 0 Å². The number of carbonyl (C=O) groups is 1. The summed E-state index contributed by atoms with van der Waals surface area (Å²) in [4.78, 5) is 10.3. The van der Waals surface area contributed by atoms with Crippen molar-refractivity contribution >= 4 is 6.29 Å². The summed E-state index contributed by atoms with van der Waals surface area (Å²) in [6.45, 7) is 7.76. The molecule has 0 aliphatic carbocycles. The van der Waals surface area contributed by atoms with E-state index in [1.54, 1.807) is 0 Å². The van der Waals surface area contributed by atoms with Gasteiger partial charge in [-0.3, -0.25) is 0 Å². The first kappa shape index (κ1) is 8.63. The van der Waals surface area contributed by atoms with Crippen LogP contribution in [0, 0.1) is 0 Å². The van der Waals surface area contributed by atoms with Gasteiger partial charge in [0, 0.05) is 6.04 Å². The predicted octanol–water partition coefficient (Wildman–Crippen LogP) is 0.962. The van der Waals surface area contributed by atoms with Crippen LogP contribution in [0.5, 0.6) is 0 Å². The number of nitrogens with one attached hydrogen (secondary N) is 1. The third-order valence-corrected chi connectivity index (χ3v) is 0.955. The van der Waals surface area contributed by atoms with Crippen LogP contribution in [-0.2, 0) is 4.79 Å². The lowest BCUT2D eigenvalue weighted by Gasteiger charge is -2.21. The molecule has 0 aliphatic rings. The van der Waals surface area contributed by atoms with Gasteiger partial charge in [-0.05, 0) is 27.7 Å². The van der Waals surface area contributed by atoms with Gasteiger partial charge in [-0.2, -0.15) is 0 Å². The summed E-state index contributed by atoms with van der Waals surface area (Å²) >= 11 is 0. The molecule has 9 heavy (non-hydrogen) atoms. The Morgan fingerprint density at radius 1 is 1.44 bits per heavy atom. The van der Waals surface area contributed by atoms with Gasteiger partial charge >= 0.3 is 0 Å². The van der Waals surface area contributed by atoms with E-state index in [0.717, 1.165) is 6.29 Å². The van der Waals surface area contributed by atoms with Crippen molar-refractivity contribution in [2.24, 2.45) is 0 Å². The Balaban J connectivity index is 3.71. The van der Waals surface area contributed by atoms with Crippen LogP contribution in [0.4, 0.5) is 0 Å². The Morgan fingerprint density at radius 2 is 1.89 bits per heavy atom. The van der Waals surface area contributed by atoms with E-state index >= 15 is 0 Å². The van der Waals surface area contributed by atoms with Crippen molar-refractivity contribution in [3.63, 3.8) is 0 Å². The second-order valence-electron chi connectivity index (χ2n) is 3.14. The molecule has 2 nitrogen and oxygen atoms in total. The Morgan fingerprint density at radius 3 is 2.00 bits per heavy atom. The number of hydrogen-bond donors (Lipinski definition) is 1. The lowest BCUT2D eigenvalue weighted by molar-refractivity contribution is -0.112. The zero-order valence-electron chi connectivity index (χ0n) is 6.56. The summed E-state index contributed by atoms with van der Waals surface area (Å²) < 4.78 is 0. The molecule has 0 saturated carbocycles. The summed E-state index contributed by atoms with van der Waals surface area (Å²) in [5.41, 5.74) is -0.367. The van der Waals surface area contributed by atoms with Crippen LogP contribution < -0.4 is 5.32 Å². The highest BCUT2D eigenvalue weighted by Gasteiger charge is 2.15. The Hall–Kier alpha value is -0.370. The van der Waals surface area contributed by atoms with E-state index in [9.17, 15) is 4.79 Å². The van der Waals surface area contributed by atoms with Crippen LogP contribution in [0.1, 0.15) is 27.7 Å². The summed E-state index contributed by atoms with van der Waals surface area (Å²) in [6.07, 6.45) is 0.924. The van der Waals surface area contributed by atoms with Crippen molar-refractivity contribution in [3.8, 4) is 0 Å². The standard InChI is InChI=1S/C7H15NO/c1-6(2)8-7(3,4)5-9/h5-6,8H,1-4H3. The molecule has 0 bridgehead atoms. The van der Waals surface area contributed by atoms with Crippen LogP contribution in [-0.4, -0.2) is 17.9 Å². The first-order valence-electron chi connectivity index (χ1n) is 3.22. The van der Waals surface area contributed by atoms with E-state index in [1.807, 2.05) is 27.7 Å². The number of carbonyl (C=O) groups excluding carboxylic acids is 1. The quantitative estimate of drug-likeness (QED) is 0.575. The summed E-state index contributed by atoms with van der Waals surface area (Å²) in [5, 5.41) is 3.10. The predicted molar refractivity (Wildman–Crippen MR) is 38.4 cm³/mol. The lowest BCUT2D eigenvalue weighted by Crippen LogP contribution is -2.44. The molecule has 0 aliphatic heterocycles. The zero-order valence-corrected chi connectivity index (χ0v) is 6.56. The van der Waals surface area contributed by atoms with Gasteiger partial charge in [0.2, 0.25) is 0 Å². The number of rotatable bonds is 3. The van der Waals surface area contributed by atoms with Gasteiger partial charge in [0.15, 0.2) is 0 Å². The third kappa shape index (κ3) is 4.15. The summed E-state index contributed by atoms with van der Waals surface area (Å²) in [7, 11) is 0. The third-order valence-electron chi connectivity index (χ3n) is 0.955. The highest BCUT2D eigenvalue weighted by molar-refractivity contribution is 5.62. The monoisotopic (exact) mass is 129 g/mol. The van der Waals surface area contributed by atoms with Gasteiger partial charge in [-0.15, -0.1) is 0 Å². The van der Waals surface area contributed by atoms with E-state index in [2.05, 4.69) is 5.32 Å². The molecule has 0 aromatic heterocycles. The molecule has 2 heteroatoms. The number of hydrogen-bond acceptors (Lipinski definition) is 2. The van der Waals surface area contributed by atoms with Crippen molar-refractivity contribution in [1.29, 1.82) is 0 Å². The topological polar surface area (TPSA) is 29.1 Å². The van der Waals surface area contributed by atoms with Crippen molar-refractivity contribution in [2.75, 3.05) is 0 Å². The average molecular weight is 129 g/mol. The molecule has 54 valence electrons. The van der Waals surface area contributed by atoms with E-state index in [0.29, 0.717) is 6.04 Å². The minimum absolute atomic E-state index is 0.366. The second-order valence-corrected chi connectivity index (χ2v) is 3.14. The van der Waals surface area contributed by atoms with Crippen LogP contribution in [0.25, 0.3) is 0 Å². The molecule has 0 aromatic carbocycles. The average Bonchev–Trinajstić information content (AvgIpc) is 1.63. The van der Waals surface area contributed by atoms with Gasteiger partial charge < -0.3 is 10.1 Å². The lowest BCUT2D eigenvalue weighted by atomic mass is 10.1.